The van der Waals surface area contributed by atoms with Crippen molar-refractivity contribution in [3.8, 4) is 0 Å². The molecule has 13 heavy (non-hydrogen) atoms. The van der Waals surface area contributed by atoms with Gasteiger partial charge in [0.1, 0.15) is 0 Å². The fourth-order valence-electron chi connectivity index (χ4n) is 0.762. The zero-order chi connectivity index (χ0) is 10.2. The van der Waals surface area contributed by atoms with Crippen molar-refractivity contribution in [3.63, 3.8) is 0 Å². The molecule has 0 radical (unpaired) electrons. The topological polar surface area (TPSA) is 0 Å². The second-order valence-corrected chi connectivity index (χ2v) is 3.49. The molecular formula is C7H2F5I. The molecule has 6 heteroatoms. The molecule has 0 spiro atoms. The molecule has 1 aromatic carbocycles. The number of hydrogen-bond donors (Lipinski definition) is 0. The maximum atomic E-state index is 12.6. The van der Waals surface area contributed by atoms with Gasteiger partial charge in [-0.25, -0.2) is 8.78 Å². The highest BCUT2D eigenvalue weighted by atomic mass is 127. The van der Waals surface area contributed by atoms with Gasteiger partial charge in [-0.05, 0) is 34.7 Å². The van der Waals surface area contributed by atoms with Gasteiger partial charge in [0.2, 0.25) is 0 Å². The summed E-state index contributed by atoms with van der Waals surface area (Å²) in [5.74, 6) is -3.34. The van der Waals surface area contributed by atoms with E-state index in [9.17, 15) is 22.0 Å². The van der Waals surface area contributed by atoms with E-state index in [-0.39, 0.29) is 3.57 Å². The number of halogens is 6. The minimum Gasteiger partial charge on any atom is -0.204 e. The van der Waals surface area contributed by atoms with Gasteiger partial charge in [-0.1, -0.05) is 0 Å². The smallest absolute Gasteiger partial charge is 0.204 e. The average Bonchev–Trinajstić information content (AvgIpc) is 1.94. The van der Waals surface area contributed by atoms with Crippen LogP contribution in [0.15, 0.2) is 12.1 Å². The van der Waals surface area contributed by atoms with Crippen LogP contribution in [0, 0.1) is 15.2 Å². The average molecular weight is 308 g/mol. The first kappa shape index (κ1) is 10.7. The standard InChI is InChI=1S/C7H2F5I/c8-5-2-3(13)1-4(6(5)9)7(10,11)12/h1-2H. The molecule has 0 atom stereocenters. The van der Waals surface area contributed by atoms with E-state index in [2.05, 4.69) is 0 Å². The fraction of sp³-hybridized carbons (Fsp3) is 0.143. The maximum absolute atomic E-state index is 12.6. The summed E-state index contributed by atoms with van der Waals surface area (Å²) < 4.78 is 61.1. The van der Waals surface area contributed by atoms with E-state index in [0.29, 0.717) is 12.1 Å². The molecule has 1 aromatic rings. The Morgan fingerprint density at radius 2 is 1.62 bits per heavy atom. The Bertz CT molecular complexity index is 330. The SMILES string of the molecule is Fc1cc(I)cc(C(F)(F)F)c1F. The van der Waals surface area contributed by atoms with Crippen molar-refractivity contribution in [3.05, 3.63) is 32.9 Å². The van der Waals surface area contributed by atoms with Gasteiger partial charge < -0.3 is 0 Å². The highest BCUT2D eigenvalue weighted by Gasteiger charge is 2.35. The van der Waals surface area contributed by atoms with Crippen LogP contribution in [0.2, 0.25) is 0 Å². The van der Waals surface area contributed by atoms with Crippen molar-refractivity contribution in [2.24, 2.45) is 0 Å². The van der Waals surface area contributed by atoms with E-state index in [1.54, 1.807) is 0 Å². The second kappa shape index (κ2) is 3.39. The molecule has 0 amide bonds. The second-order valence-electron chi connectivity index (χ2n) is 2.25. The number of alkyl halides is 3. The molecule has 0 N–H and O–H groups in total. The Morgan fingerprint density at radius 1 is 1.08 bits per heavy atom. The van der Waals surface area contributed by atoms with Gasteiger partial charge in [-0.15, -0.1) is 0 Å². The molecular weight excluding hydrogens is 306 g/mol. The molecule has 1 rings (SSSR count). The van der Waals surface area contributed by atoms with Gasteiger partial charge in [-0.2, -0.15) is 13.2 Å². The Labute approximate surface area is 83.9 Å². The van der Waals surface area contributed by atoms with Gasteiger partial charge in [0, 0.05) is 3.57 Å². The lowest BCUT2D eigenvalue weighted by Gasteiger charge is -2.08. The van der Waals surface area contributed by atoms with Gasteiger partial charge in [0.05, 0.1) is 5.56 Å². The largest absolute Gasteiger partial charge is 0.419 e. The Hall–Kier alpha value is -0.400. The summed E-state index contributed by atoms with van der Waals surface area (Å²) in [5.41, 5.74) is -1.57. The first-order valence-corrected chi connectivity index (χ1v) is 4.12. The fourth-order valence-corrected chi connectivity index (χ4v) is 1.35. The molecule has 0 unspecified atom stereocenters. The summed E-state index contributed by atoms with van der Waals surface area (Å²) in [6.45, 7) is 0. The number of rotatable bonds is 0. The normalized spacial score (nSPS) is 11.8. The zero-order valence-corrected chi connectivity index (χ0v) is 8.08. The predicted octanol–water partition coefficient (Wildman–Crippen LogP) is 3.59. The Kier molecular flexibility index (Phi) is 2.79. The monoisotopic (exact) mass is 308 g/mol. The summed E-state index contributed by atoms with van der Waals surface area (Å²) in [6, 6.07) is 1.25. The van der Waals surface area contributed by atoms with Crippen molar-refractivity contribution in [1.29, 1.82) is 0 Å². The van der Waals surface area contributed by atoms with E-state index in [1.165, 1.54) is 22.6 Å². The first-order chi connectivity index (χ1) is 5.82. The van der Waals surface area contributed by atoms with Crippen LogP contribution in [-0.4, -0.2) is 0 Å². The Morgan fingerprint density at radius 3 is 2.08 bits per heavy atom. The van der Waals surface area contributed by atoms with Crippen LogP contribution in [0.4, 0.5) is 22.0 Å². The molecule has 0 bridgehead atoms. The lowest BCUT2D eigenvalue weighted by Crippen LogP contribution is -2.10. The molecule has 0 aliphatic carbocycles. The summed E-state index contributed by atoms with van der Waals surface area (Å²) >= 11 is 1.48. The van der Waals surface area contributed by atoms with Crippen LogP contribution < -0.4 is 0 Å². The van der Waals surface area contributed by atoms with Crippen molar-refractivity contribution < 1.29 is 22.0 Å². The molecule has 0 aliphatic rings. The zero-order valence-electron chi connectivity index (χ0n) is 5.92. The van der Waals surface area contributed by atoms with E-state index in [1.807, 2.05) is 0 Å². The lowest BCUT2D eigenvalue weighted by molar-refractivity contribution is -0.140. The quantitative estimate of drug-likeness (QED) is 0.390. The van der Waals surface area contributed by atoms with Gasteiger partial charge in [0.15, 0.2) is 11.6 Å². The summed E-state index contributed by atoms with van der Waals surface area (Å²) in [6.07, 6.45) is -4.86. The van der Waals surface area contributed by atoms with Crippen LogP contribution in [0.25, 0.3) is 0 Å². The molecule has 0 fully saturated rings. The maximum Gasteiger partial charge on any atom is 0.419 e. The van der Waals surface area contributed by atoms with Crippen molar-refractivity contribution in [2.45, 2.75) is 6.18 Å². The summed E-state index contributed by atoms with van der Waals surface area (Å²) in [7, 11) is 0. The first-order valence-electron chi connectivity index (χ1n) is 3.04. The minimum absolute atomic E-state index is 0.00354. The minimum atomic E-state index is -4.86. The van der Waals surface area contributed by atoms with Crippen LogP contribution in [0.5, 0.6) is 0 Å². The van der Waals surface area contributed by atoms with E-state index in [0.717, 1.165) is 0 Å². The van der Waals surface area contributed by atoms with Gasteiger partial charge in [-0.3, -0.25) is 0 Å². The van der Waals surface area contributed by atoms with Crippen LogP contribution >= 0.6 is 22.6 Å². The van der Waals surface area contributed by atoms with Crippen LogP contribution in [-0.2, 0) is 6.18 Å². The Balaban J connectivity index is 3.37. The third-order valence-electron chi connectivity index (χ3n) is 1.30. The molecule has 0 heterocycles. The summed E-state index contributed by atoms with van der Waals surface area (Å²) in [4.78, 5) is 0. The molecule has 0 aliphatic heterocycles. The van der Waals surface area contributed by atoms with Crippen LogP contribution in [0.3, 0.4) is 0 Å². The highest BCUT2D eigenvalue weighted by Crippen LogP contribution is 2.33. The summed E-state index contributed by atoms with van der Waals surface area (Å²) in [5, 5.41) is 0. The van der Waals surface area contributed by atoms with Crippen molar-refractivity contribution >= 4 is 22.6 Å². The lowest BCUT2D eigenvalue weighted by atomic mass is 10.2. The predicted molar refractivity (Wildman–Crippen MR) is 44.1 cm³/mol. The molecule has 0 aromatic heterocycles. The highest BCUT2D eigenvalue weighted by molar-refractivity contribution is 14.1. The molecule has 0 nitrogen and oxygen atoms in total. The van der Waals surface area contributed by atoms with Crippen LogP contribution in [0.1, 0.15) is 5.56 Å². The van der Waals surface area contributed by atoms with E-state index in [4.69, 9.17) is 0 Å². The molecule has 0 saturated heterocycles. The molecule has 0 saturated carbocycles. The number of benzene rings is 1. The van der Waals surface area contributed by atoms with Gasteiger partial charge >= 0.3 is 6.18 Å². The third-order valence-corrected chi connectivity index (χ3v) is 1.92. The van der Waals surface area contributed by atoms with Crippen molar-refractivity contribution in [1.82, 2.24) is 0 Å². The molecule has 72 valence electrons. The third kappa shape index (κ3) is 2.29. The van der Waals surface area contributed by atoms with Crippen molar-refractivity contribution in [2.75, 3.05) is 0 Å². The van der Waals surface area contributed by atoms with E-state index < -0.39 is 23.4 Å². The number of hydrogen-bond acceptors (Lipinski definition) is 0. The van der Waals surface area contributed by atoms with E-state index >= 15 is 0 Å². The van der Waals surface area contributed by atoms with Gasteiger partial charge in [0.25, 0.3) is 0 Å².